The number of hydrogen-bond donors (Lipinski definition) is 0. The Hall–Kier alpha value is -3.16. The molecule has 0 radical (unpaired) electrons. The van der Waals surface area contributed by atoms with E-state index in [1.54, 1.807) is 29.1 Å². The Balaban J connectivity index is 1.41. The number of hydrogen-bond acceptors (Lipinski definition) is 5. The lowest BCUT2D eigenvalue weighted by Gasteiger charge is -2.31. The summed E-state index contributed by atoms with van der Waals surface area (Å²) in [5.74, 6) is 1.10. The van der Waals surface area contributed by atoms with Crippen LogP contribution in [-0.2, 0) is 6.54 Å². The van der Waals surface area contributed by atoms with Gasteiger partial charge in [0.05, 0.1) is 12.1 Å². The second kappa shape index (κ2) is 7.27. The molecule has 5 rings (SSSR count). The minimum atomic E-state index is -0.824. The van der Waals surface area contributed by atoms with Gasteiger partial charge in [-0.2, -0.15) is 0 Å². The van der Waals surface area contributed by atoms with Crippen LogP contribution in [0, 0.1) is 0 Å². The molecule has 0 spiro atoms. The quantitative estimate of drug-likeness (QED) is 0.762. The third-order valence-electron chi connectivity index (χ3n) is 6.00. The monoisotopic (exact) mass is 410 g/mol. The fraction of sp³-hybridized carbons (Fsp3) is 0.409. The number of carbonyl (C=O) groups excluding carboxylic acids is 2. The van der Waals surface area contributed by atoms with Gasteiger partial charge in [0.1, 0.15) is 12.8 Å². The smallest absolute Gasteiger partial charge is 0.255 e. The Morgan fingerprint density at radius 2 is 2.00 bits per heavy atom. The van der Waals surface area contributed by atoms with Gasteiger partial charge in [0.2, 0.25) is 0 Å². The number of amides is 2. The lowest BCUT2D eigenvalue weighted by atomic mass is 10.1. The normalized spacial score (nSPS) is 18.9. The second-order valence-electron chi connectivity index (χ2n) is 8.02. The number of halogens is 1. The molecule has 0 unspecified atom stereocenters. The Morgan fingerprint density at radius 1 is 1.20 bits per heavy atom. The van der Waals surface area contributed by atoms with Crippen LogP contribution < -0.4 is 9.64 Å². The number of fused-ring (bicyclic) bond motifs is 2. The number of likely N-dealkylation sites (tertiary alicyclic amines) is 1. The summed E-state index contributed by atoms with van der Waals surface area (Å²) in [6.07, 6.45) is 1.50. The lowest BCUT2D eigenvalue weighted by molar-refractivity contribution is 0.0665. The van der Waals surface area contributed by atoms with E-state index in [0.717, 1.165) is 16.8 Å². The molecule has 0 bridgehead atoms. The molecule has 1 fully saturated rings. The zero-order valence-electron chi connectivity index (χ0n) is 16.8. The van der Waals surface area contributed by atoms with Gasteiger partial charge in [-0.25, -0.2) is 9.37 Å². The summed E-state index contributed by atoms with van der Waals surface area (Å²) in [6, 6.07) is 7.53. The summed E-state index contributed by atoms with van der Waals surface area (Å²) in [5.41, 5.74) is 3.13. The number of carbonyl (C=O) groups is 2. The molecule has 0 saturated carbocycles. The van der Waals surface area contributed by atoms with Crippen molar-refractivity contribution < 1.29 is 18.7 Å². The number of benzene rings is 1. The molecular weight excluding hydrogens is 387 g/mol. The van der Waals surface area contributed by atoms with E-state index in [9.17, 15) is 14.0 Å². The van der Waals surface area contributed by atoms with E-state index in [0.29, 0.717) is 62.8 Å². The van der Waals surface area contributed by atoms with Crippen molar-refractivity contribution in [3.8, 4) is 5.75 Å². The minimum Gasteiger partial charge on any atom is -0.488 e. The summed E-state index contributed by atoms with van der Waals surface area (Å²) in [7, 11) is 1.79. The number of anilines is 2. The van der Waals surface area contributed by atoms with E-state index in [4.69, 9.17) is 4.74 Å². The largest absolute Gasteiger partial charge is 0.488 e. The highest BCUT2D eigenvalue weighted by Gasteiger charge is 2.29. The molecule has 3 aliphatic heterocycles. The first-order chi connectivity index (χ1) is 14.5. The molecule has 0 aliphatic carbocycles. The van der Waals surface area contributed by atoms with E-state index < -0.39 is 6.17 Å². The maximum Gasteiger partial charge on any atom is 0.255 e. The fourth-order valence-electron chi connectivity index (χ4n) is 4.32. The van der Waals surface area contributed by atoms with Gasteiger partial charge in [-0.15, -0.1) is 0 Å². The van der Waals surface area contributed by atoms with E-state index in [2.05, 4.69) is 4.98 Å². The molecule has 2 amide bonds. The van der Waals surface area contributed by atoms with Gasteiger partial charge in [-0.3, -0.25) is 9.59 Å². The zero-order chi connectivity index (χ0) is 20.8. The standard InChI is InChI=1S/C22H23FN4O3/c1-25-13-15-10-17(2-3-18(15)22(25)29)27-8-9-30-19-11-14(12-24-20(19)27)21(28)26-6-4-16(23)5-7-26/h2-3,10-12,16H,4-9,13H2,1H3. The van der Waals surface area contributed by atoms with Crippen LogP contribution >= 0.6 is 0 Å². The van der Waals surface area contributed by atoms with Crippen molar-refractivity contribution in [2.75, 3.05) is 38.2 Å². The maximum atomic E-state index is 13.4. The molecule has 7 nitrogen and oxygen atoms in total. The molecule has 0 atom stereocenters. The average molecular weight is 410 g/mol. The lowest BCUT2D eigenvalue weighted by Crippen LogP contribution is -2.39. The predicted octanol–water partition coefficient (Wildman–Crippen LogP) is 2.77. The third kappa shape index (κ3) is 3.16. The summed E-state index contributed by atoms with van der Waals surface area (Å²) in [4.78, 5) is 34.9. The van der Waals surface area contributed by atoms with Crippen molar-refractivity contribution in [2.45, 2.75) is 25.6 Å². The minimum absolute atomic E-state index is 0.0389. The SMILES string of the molecule is CN1Cc2cc(N3CCOc4cc(C(=O)N5CCC(F)CC5)cnc43)ccc2C1=O. The van der Waals surface area contributed by atoms with E-state index in [1.165, 1.54) is 0 Å². The summed E-state index contributed by atoms with van der Waals surface area (Å²) in [6.45, 7) is 2.53. The Kier molecular flexibility index (Phi) is 4.56. The number of pyridine rings is 1. The van der Waals surface area contributed by atoms with Crippen LogP contribution in [-0.4, -0.2) is 66.1 Å². The number of piperidine rings is 1. The van der Waals surface area contributed by atoms with Gasteiger partial charge >= 0.3 is 0 Å². The van der Waals surface area contributed by atoms with Gasteiger partial charge < -0.3 is 19.4 Å². The average Bonchev–Trinajstić information content (AvgIpc) is 3.06. The van der Waals surface area contributed by atoms with Crippen molar-refractivity contribution in [1.82, 2.24) is 14.8 Å². The van der Waals surface area contributed by atoms with Gasteiger partial charge in [-0.1, -0.05) is 0 Å². The predicted molar refractivity (Wildman–Crippen MR) is 109 cm³/mol. The number of nitrogens with zero attached hydrogens (tertiary/aromatic N) is 4. The highest BCUT2D eigenvalue weighted by Crippen LogP contribution is 2.37. The third-order valence-corrected chi connectivity index (χ3v) is 6.00. The maximum absolute atomic E-state index is 13.4. The van der Waals surface area contributed by atoms with Crippen LogP contribution in [0.3, 0.4) is 0 Å². The molecule has 8 heteroatoms. The van der Waals surface area contributed by atoms with E-state index >= 15 is 0 Å². The van der Waals surface area contributed by atoms with Crippen molar-refractivity contribution in [1.29, 1.82) is 0 Å². The molecule has 30 heavy (non-hydrogen) atoms. The van der Waals surface area contributed by atoms with Crippen LogP contribution in [0.4, 0.5) is 15.9 Å². The fourth-order valence-corrected chi connectivity index (χ4v) is 4.32. The van der Waals surface area contributed by atoms with Crippen molar-refractivity contribution in [2.24, 2.45) is 0 Å². The molecule has 1 aromatic heterocycles. The zero-order valence-corrected chi connectivity index (χ0v) is 16.8. The Bertz CT molecular complexity index is 1020. The number of aromatic nitrogens is 1. The first kappa shape index (κ1) is 18.8. The molecule has 1 aromatic carbocycles. The first-order valence-corrected chi connectivity index (χ1v) is 10.2. The molecule has 4 heterocycles. The molecule has 0 N–H and O–H groups in total. The van der Waals surface area contributed by atoms with Gasteiger partial charge in [-0.05, 0) is 42.7 Å². The van der Waals surface area contributed by atoms with Crippen LogP contribution in [0.2, 0.25) is 0 Å². The van der Waals surface area contributed by atoms with E-state index in [-0.39, 0.29) is 11.8 Å². The summed E-state index contributed by atoms with van der Waals surface area (Å²) >= 11 is 0. The number of alkyl halides is 1. The van der Waals surface area contributed by atoms with Crippen molar-refractivity contribution >= 4 is 23.3 Å². The Morgan fingerprint density at radius 3 is 2.80 bits per heavy atom. The highest BCUT2D eigenvalue weighted by molar-refractivity contribution is 5.99. The van der Waals surface area contributed by atoms with Gasteiger partial charge in [0, 0.05) is 44.1 Å². The first-order valence-electron chi connectivity index (χ1n) is 10.2. The second-order valence-corrected chi connectivity index (χ2v) is 8.02. The summed E-state index contributed by atoms with van der Waals surface area (Å²) in [5, 5.41) is 0. The van der Waals surface area contributed by atoms with E-state index in [1.807, 2.05) is 23.1 Å². The Labute approximate surface area is 174 Å². The highest BCUT2D eigenvalue weighted by atomic mass is 19.1. The molecule has 2 aromatic rings. The summed E-state index contributed by atoms with van der Waals surface area (Å²) < 4.78 is 19.2. The molecule has 3 aliphatic rings. The van der Waals surface area contributed by atoms with Crippen LogP contribution in [0.15, 0.2) is 30.5 Å². The van der Waals surface area contributed by atoms with Crippen LogP contribution in [0.5, 0.6) is 5.75 Å². The topological polar surface area (TPSA) is 66.0 Å². The van der Waals surface area contributed by atoms with Crippen LogP contribution in [0.1, 0.15) is 39.1 Å². The molecular formula is C22H23FN4O3. The number of ether oxygens (including phenoxy) is 1. The van der Waals surface area contributed by atoms with Crippen molar-refractivity contribution in [3.63, 3.8) is 0 Å². The van der Waals surface area contributed by atoms with Crippen LogP contribution in [0.25, 0.3) is 0 Å². The molecule has 156 valence electrons. The van der Waals surface area contributed by atoms with Gasteiger partial charge in [0.15, 0.2) is 11.6 Å². The number of rotatable bonds is 2. The molecule has 1 saturated heterocycles. The van der Waals surface area contributed by atoms with Gasteiger partial charge in [0.25, 0.3) is 11.8 Å². The van der Waals surface area contributed by atoms with Crippen molar-refractivity contribution in [3.05, 3.63) is 47.2 Å².